The maximum atomic E-state index is 14.3. The molecule has 206 valence electrons. The molecule has 3 aromatic rings. The summed E-state index contributed by atoms with van der Waals surface area (Å²) < 4.78 is 19.1. The number of ether oxygens (including phenoxy) is 3. The highest BCUT2D eigenvalue weighted by atomic mass is 16.6. The maximum Gasteiger partial charge on any atom is 0.268 e. The monoisotopic (exact) mass is 532 g/mol. The van der Waals surface area contributed by atoms with Crippen molar-refractivity contribution in [3.05, 3.63) is 71.5 Å². The average Bonchev–Trinajstić information content (AvgIpc) is 3.29. The summed E-state index contributed by atoms with van der Waals surface area (Å²) in [6.45, 7) is 2.09. The first-order valence-corrected chi connectivity index (χ1v) is 13.6. The normalized spacial score (nSPS) is 17.8. The Morgan fingerprint density at radius 1 is 1.13 bits per heavy atom. The van der Waals surface area contributed by atoms with E-state index < -0.39 is 12.1 Å². The number of amides is 2. The third kappa shape index (κ3) is 6.02. The molecule has 1 aliphatic carbocycles. The quantitative estimate of drug-likeness (QED) is 0.470. The van der Waals surface area contributed by atoms with E-state index in [9.17, 15) is 9.59 Å². The van der Waals surface area contributed by atoms with Crippen LogP contribution in [0.1, 0.15) is 55.0 Å². The van der Waals surface area contributed by atoms with Gasteiger partial charge in [0.25, 0.3) is 5.91 Å². The number of hydrogen-bond acceptors (Lipinski definition) is 6. The predicted octanol–water partition coefficient (Wildman–Crippen LogP) is 4.10. The molecule has 2 aliphatic rings. The van der Waals surface area contributed by atoms with E-state index in [1.54, 1.807) is 22.8 Å². The van der Waals surface area contributed by atoms with Crippen LogP contribution in [0.2, 0.25) is 0 Å². The molecule has 39 heavy (non-hydrogen) atoms. The minimum Gasteiger partial charge on any atom is -0.497 e. The summed E-state index contributed by atoms with van der Waals surface area (Å²) in [5.41, 5.74) is 2.20. The lowest BCUT2D eigenvalue weighted by Gasteiger charge is -2.36. The van der Waals surface area contributed by atoms with E-state index in [4.69, 9.17) is 14.2 Å². The number of aryl methyl sites for hydroxylation is 2. The van der Waals surface area contributed by atoms with Crippen LogP contribution >= 0.6 is 0 Å². The Hall–Kier alpha value is -4.01. The minimum atomic E-state index is -0.910. The molecule has 9 heteroatoms. The highest BCUT2D eigenvalue weighted by molar-refractivity contribution is 5.91. The van der Waals surface area contributed by atoms with Crippen molar-refractivity contribution in [1.29, 1.82) is 0 Å². The van der Waals surface area contributed by atoms with Crippen molar-refractivity contribution in [3.63, 3.8) is 0 Å². The van der Waals surface area contributed by atoms with Gasteiger partial charge in [-0.25, -0.2) is 0 Å². The van der Waals surface area contributed by atoms with Gasteiger partial charge in [0.15, 0.2) is 11.5 Å². The summed E-state index contributed by atoms with van der Waals surface area (Å²) >= 11 is 0. The highest BCUT2D eigenvalue weighted by Crippen LogP contribution is 2.34. The van der Waals surface area contributed by atoms with Crippen LogP contribution in [-0.4, -0.2) is 52.4 Å². The van der Waals surface area contributed by atoms with Crippen molar-refractivity contribution in [1.82, 2.24) is 20.0 Å². The summed E-state index contributed by atoms with van der Waals surface area (Å²) in [5.74, 6) is 1.22. The number of hydrogen-bond donors (Lipinski definition) is 1. The van der Waals surface area contributed by atoms with Crippen molar-refractivity contribution in [3.8, 4) is 17.2 Å². The van der Waals surface area contributed by atoms with Gasteiger partial charge in [-0.15, -0.1) is 0 Å². The topological polar surface area (TPSA) is 94.9 Å². The smallest absolute Gasteiger partial charge is 0.268 e. The van der Waals surface area contributed by atoms with Crippen molar-refractivity contribution >= 4 is 11.8 Å². The van der Waals surface area contributed by atoms with Gasteiger partial charge in [-0.2, -0.15) is 5.10 Å². The number of carbonyl (C=O) groups excluding carboxylic acids is 2. The van der Waals surface area contributed by atoms with E-state index in [1.165, 1.54) is 6.42 Å². The maximum absolute atomic E-state index is 14.3. The standard InChI is InChI=1S/C30H36N4O5/c1-20-24(18-33(2)32-20)28(29(35)31-22-11-5-4-6-12-22)34(17-21-10-9-13-23(16-21)37-3)30(36)27-19-38-25-14-7-8-15-26(25)39-27/h7-10,13-16,18,22,27-28H,4-6,11-12,17,19H2,1-3H3,(H,31,35)/t27-,28+/m0/s1. The Labute approximate surface area is 229 Å². The lowest BCUT2D eigenvalue weighted by molar-refractivity contribution is -0.149. The largest absolute Gasteiger partial charge is 0.497 e. The second-order valence-electron chi connectivity index (χ2n) is 10.3. The number of aromatic nitrogens is 2. The second-order valence-corrected chi connectivity index (χ2v) is 10.3. The van der Waals surface area contributed by atoms with Crippen LogP contribution in [0.4, 0.5) is 0 Å². The molecule has 0 radical (unpaired) electrons. The number of fused-ring (bicyclic) bond motifs is 1. The molecule has 2 amide bonds. The SMILES string of the molecule is COc1cccc(CN(C(=O)[C@@H]2COc3ccccc3O2)[C@@H](C(=O)NC2CCCCC2)c2cn(C)nc2C)c1. The van der Waals surface area contributed by atoms with Gasteiger partial charge in [0.2, 0.25) is 12.0 Å². The molecule has 1 N–H and O–H groups in total. The first-order chi connectivity index (χ1) is 18.9. The zero-order valence-corrected chi connectivity index (χ0v) is 22.8. The molecule has 0 bridgehead atoms. The molecule has 0 unspecified atom stereocenters. The van der Waals surface area contributed by atoms with Gasteiger partial charge >= 0.3 is 0 Å². The molecule has 2 heterocycles. The first kappa shape index (κ1) is 26.6. The lowest BCUT2D eigenvalue weighted by atomic mass is 9.94. The minimum absolute atomic E-state index is 0.0491. The van der Waals surface area contributed by atoms with Crippen LogP contribution in [0.15, 0.2) is 54.7 Å². The van der Waals surface area contributed by atoms with Crippen LogP contribution in [0.25, 0.3) is 0 Å². The number of rotatable bonds is 8. The molecular weight excluding hydrogens is 496 g/mol. The van der Waals surface area contributed by atoms with E-state index in [0.29, 0.717) is 28.5 Å². The molecule has 1 aliphatic heterocycles. The molecule has 1 saturated carbocycles. The van der Waals surface area contributed by atoms with Gasteiger partial charge in [0.1, 0.15) is 18.4 Å². The first-order valence-electron chi connectivity index (χ1n) is 13.6. The Morgan fingerprint density at radius 2 is 1.90 bits per heavy atom. The van der Waals surface area contributed by atoms with Gasteiger partial charge in [0, 0.05) is 31.4 Å². The Bertz CT molecular complexity index is 1320. The lowest BCUT2D eigenvalue weighted by Crippen LogP contribution is -2.52. The van der Waals surface area contributed by atoms with Crippen LogP contribution in [0, 0.1) is 6.92 Å². The van der Waals surface area contributed by atoms with Gasteiger partial charge in [-0.3, -0.25) is 14.3 Å². The van der Waals surface area contributed by atoms with Crippen LogP contribution < -0.4 is 19.5 Å². The van der Waals surface area contributed by atoms with Crippen molar-refractivity contribution in [2.75, 3.05) is 13.7 Å². The molecule has 1 aromatic heterocycles. The van der Waals surface area contributed by atoms with Crippen molar-refractivity contribution in [2.24, 2.45) is 7.05 Å². The fourth-order valence-electron chi connectivity index (χ4n) is 5.45. The third-order valence-corrected chi connectivity index (χ3v) is 7.41. The van der Waals surface area contributed by atoms with Gasteiger partial charge in [-0.05, 0) is 49.6 Å². The highest BCUT2D eigenvalue weighted by Gasteiger charge is 2.40. The Morgan fingerprint density at radius 3 is 2.62 bits per heavy atom. The summed E-state index contributed by atoms with van der Waals surface area (Å²) in [7, 11) is 3.42. The fourth-order valence-corrected chi connectivity index (χ4v) is 5.45. The summed E-state index contributed by atoms with van der Waals surface area (Å²) in [5, 5.41) is 7.75. The molecule has 0 saturated heterocycles. The summed E-state index contributed by atoms with van der Waals surface area (Å²) in [4.78, 5) is 30.0. The van der Waals surface area contributed by atoms with E-state index in [2.05, 4.69) is 10.4 Å². The fraction of sp³-hybridized carbons (Fsp3) is 0.433. The molecule has 9 nitrogen and oxygen atoms in total. The Kier molecular flexibility index (Phi) is 8.05. The zero-order chi connectivity index (χ0) is 27.4. The molecule has 0 spiro atoms. The number of methoxy groups -OCH3 is 1. The Balaban J connectivity index is 1.52. The second kappa shape index (κ2) is 11.8. The van der Waals surface area contributed by atoms with Crippen LogP contribution in [0.3, 0.4) is 0 Å². The molecule has 2 aromatic carbocycles. The van der Waals surface area contributed by atoms with Crippen LogP contribution in [0.5, 0.6) is 17.2 Å². The molecule has 5 rings (SSSR count). The predicted molar refractivity (Wildman–Crippen MR) is 146 cm³/mol. The third-order valence-electron chi connectivity index (χ3n) is 7.41. The summed E-state index contributed by atoms with van der Waals surface area (Å²) in [6.07, 6.45) is 6.13. The molecule has 2 atom stereocenters. The van der Waals surface area contributed by atoms with E-state index >= 15 is 0 Å². The van der Waals surface area contributed by atoms with Gasteiger partial charge < -0.3 is 24.4 Å². The van der Waals surface area contributed by atoms with E-state index in [-0.39, 0.29) is 31.0 Å². The van der Waals surface area contributed by atoms with E-state index in [0.717, 1.165) is 31.2 Å². The van der Waals surface area contributed by atoms with Crippen molar-refractivity contribution in [2.45, 2.75) is 63.8 Å². The average molecular weight is 533 g/mol. The van der Waals surface area contributed by atoms with Crippen molar-refractivity contribution < 1.29 is 23.8 Å². The number of benzene rings is 2. The number of nitrogens with zero attached hydrogens (tertiary/aromatic N) is 3. The number of carbonyl (C=O) groups is 2. The molecular formula is C30H36N4O5. The molecule has 1 fully saturated rings. The number of para-hydroxylation sites is 2. The van der Waals surface area contributed by atoms with Gasteiger partial charge in [0.05, 0.1) is 12.8 Å². The van der Waals surface area contributed by atoms with Gasteiger partial charge in [-0.1, -0.05) is 43.5 Å². The van der Waals surface area contributed by atoms with Crippen LogP contribution in [-0.2, 0) is 23.2 Å². The van der Waals surface area contributed by atoms with E-state index in [1.807, 2.05) is 62.6 Å². The zero-order valence-electron chi connectivity index (χ0n) is 22.8. The summed E-state index contributed by atoms with van der Waals surface area (Å²) in [6, 6.07) is 14.0. The number of nitrogens with one attached hydrogen (secondary N) is 1.